The fourth-order valence-electron chi connectivity index (χ4n) is 1.21. The van der Waals surface area contributed by atoms with E-state index >= 15 is 0 Å². The van der Waals surface area contributed by atoms with Crippen molar-refractivity contribution in [3.63, 3.8) is 0 Å². The molecule has 0 fully saturated rings. The zero-order valence-electron chi connectivity index (χ0n) is 9.27. The molecular formula is C10H11N5S. The van der Waals surface area contributed by atoms with Gasteiger partial charge in [0.1, 0.15) is 35.4 Å². The molecule has 6 heteroatoms. The Morgan fingerprint density at radius 2 is 2.00 bits per heavy atom. The van der Waals surface area contributed by atoms with Gasteiger partial charge in [-0.05, 0) is 13.2 Å². The average Bonchev–Trinajstić information content (AvgIpc) is 2.53. The van der Waals surface area contributed by atoms with E-state index in [0.717, 1.165) is 5.82 Å². The Labute approximate surface area is 98.6 Å². The first-order valence-electron chi connectivity index (χ1n) is 4.39. The minimum atomic E-state index is 0.0114. The van der Waals surface area contributed by atoms with Gasteiger partial charge in [0.2, 0.25) is 0 Å². The van der Waals surface area contributed by atoms with Crippen LogP contribution in [0.5, 0.6) is 0 Å². The highest BCUT2D eigenvalue weighted by Crippen LogP contribution is 2.33. The van der Waals surface area contributed by atoms with E-state index in [1.807, 2.05) is 6.92 Å². The lowest BCUT2D eigenvalue weighted by Crippen LogP contribution is -1.99. The Bertz CT molecular complexity index is 511. The van der Waals surface area contributed by atoms with E-state index in [9.17, 15) is 0 Å². The molecule has 0 aliphatic rings. The van der Waals surface area contributed by atoms with Gasteiger partial charge in [0.25, 0.3) is 0 Å². The van der Waals surface area contributed by atoms with Crippen LogP contribution in [0.25, 0.3) is 14.6 Å². The summed E-state index contributed by atoms with van der Waals surface area (Å²) in [6.45, 7) is 15.7. The van der Waals surface area contributed by atoms with E-state index < -0.39 is 0 Å². The van der Waals surface area contributed by atoms with Crippen LogP contribution in [-0.4, -0.2) is 15.8 Å². The fraction of sp³-hybridized carbons (Fsp3) is 0.300. The van der Waals surface area contributed by atoms with Crippen LogP contribution in [0.2, 0.25) is 0 Å². The molecule has 1 aromatic rings. The summed E-state index contributed by atoms with van der Waals surface area (Å²) in [7, 11) is 1.80. The van der Waals surface area contributed by atoms with Gasteiger partial charge in [0, 0.05) is 7.05 Å². The molecule has 0 aliphatic heterocycles. The van der Waals surface area contributed by atoms with E-state index in [1.54, 1.807) is 17.9 Å². The second kappa shape index (κ2) is 4.73. The van der Waals surface area contributed by atoms with Gasteiger partial charge < -0.3 is 10.3 Å². The van der Waals surface area contributed by atoms with Crippen LogP contribution < -0.4 is 5.73 Å². The van der Waals surface area contributed by atoms with E-state index in [0.29, 0.717) is 16.4 Å². The molecule has 0 unspecified atom stereocenters. The minimum Gasteiger partial charge on any atom is -0.383 e. The van der Waals surface area contributed by atoms with Crippen LogP contribution in [0, 0.1) is 20.1 Å². The number of aromatic nitrogens is 2. The van der Waals surface area contributed by atoms with E-state index in [1.165, 1.54) is 11.8 Å². The number of hydrogen-bond donors (Lipinski definition) is 1. The smallest absolute Gasteiger partial charge is 0.383 e. The molecule has 0 atom stereocenters. The number of aryl methyl sites for hydroxylation is 1. The summed E-state index contributed by atoms with van der Waals surface area (Å²) >= 11 is 1.31. The minimum absolute atomic E-state index is 0.0114. The number of anilines is 1. The van der Waals surface area contributed by atoms with E-state index in [4.69, 9.17) is 18.9 Å². The number of nitrogens with two attached hydrogens (primary N) is 1. The molecular weight excluding hydrogens is 222 g/mol. The zero-order chi connectivity index (χ0) is 12.3. The Balaban J connectivity index is 3.49. The van der Waals surface area contributed by atoms with Crippen molar-refractivity contribution in [2.24, 2.45) is 7.05 Å². The highest BCUT2D eigenvalue weighted by Gasteiger charge is 2.22. The molecule has 1 heterocycles. The highest BCUT2D eigenvalue weighted by molar-refractivity contribution is 8.07. The molecule has 0 bridgehead atoms. The Hall–Kier alpha value is -1.92. The number of imidazole rings is 1. The second-order valence-corrected chi connectivity index (χ2v) is 3.85. The van der Waals surface area contributed by atoms with Crippen molar-refractivity contribution in [3.8, 4) is 0 Å². The maximum absolute atomic E-state index is 6.94. The lowest BCUT2D eigenvalue weighted by molar-refractivity contribution is 0.868. The topological polar surface area (TPSA) is 52.6 Å². The van der Waals surface area contributed by atoms with E-state index in [-0.39, 0.29) is 5.82 Å². The number of rotatable bonds is 2. The molecule has 5 nitrogen and oxygen atoms in total. The van der Waals surface area contributed by atoms with Crippen LogP contribution in [0.15, 0.2) is 5.82 Å². The molecule has 0 radical (unpaired) electrons. The number of thioether (sulfide) groups is 1. The number of nitrogen functional groups attached to an aromatic ring is 1. The molecule has 16 heavy (non-hydrogen) atoms. The van der Waals surface area contributed by atoms with Gasteiger partial charge in [0.05, 0.1) is 0 Å². The quantitative estimate of drug-likeness (QED) is 0.796. The summed E-state index contributed by atoms with van der Waals surface area (Å²) < 4.78 is 1.73. The molecule has 0 aromatic carbocycles. The van der Waals surface area contributed by atoms with Crippen molar-refractivity contribution in [1.29, 1.82) is 0 Å². The van der Waals surface area contributed by atoms with Crippen LogP contribution in [0.1, 0.15) is 11.5 Å². The summed E-state index contributed by atoms with van der Waals surface area (Å²) in [5.74, 6) is 1.25. The second-order valence-electron chi connectivity index (χ2n) is 3.03. The maximum atomic E-state index is 6.94. The number of hydrogen-bond acceptors (Lipinski definition) is 3. The first kappa shape index (κ1) is 12.2. The van der Waals surface area contributed by atoms with Gasteiger partial charge in [-0.15, -0.1) is 11.8 Å². The van der Waals surface area contributed by atoms with Gasteiger partial charge >= 0.3 is 5.82 Å². The Morgan fingerprint density at radius 1 is 1.44 bits per heavy atom. The molecule has 1 rings (SSSR count). The largest absolute Gasteiger partial charge is 0.535 e. The lowest BCUT2D eigenvalue weighted by atomic mass is 10.4. The first-order chi connectivity index (χ1) is 7.56. The normalized spacial score (nSPS) is 9.31. The third kappa shape index (κ3) is 1.88. The van der Waals surface area contributed by atoms with Crippen molar-refractivity contribution >= 4 is 22.5 Å². The van der Waals surface area contributed by atoms with E-state index in [2.05, 4.69) is 14.7 Å². The molecule has 1 aromatic heterocycles. The van der Waals surface area contributed by atoms with Gasteiger partial charge in [-0.1, -0.05) is 0 Å². The molecule has 0 aliphatic carbocycles. The summed E-state index contributed by atoms with van der Waals surface area (Å²) in [5.41, 5.74) is 6.40. The zero-order valence-corrected chi connectivity index (χ0v) is 10.1. The standard InChI is InChI=1S/C10H11N5S/c1-6-14-7(9(11)15(6)4)8(16-5)10(12-2)13-3/h11H2,1,4-5H3. The Kier molecular flexibility index (Phi) is 3.60. The van der Waals surface area contributed by atoms with Gasteiger partial charge in [0.15, 0.2) is 0 Å². The molecule has 0 amide bonds. The maximum Gasteiger partial charge on any atom is 0.535 e. The molecule has 0 saturated heterocycles. The molecule has 2 N–H and O–H groups in total. The third-order valence-electron chi connectivity index (χ3n) is 2.20. The number of nitrogens with zero attached hydrogens (tertiary/aromatic N) is 4. The molecule has 0 spiro atoms. The van der Waals surface area contributed by atoms with Crippen LogP contribution in [0.3, 0.4) is 0 Å². The summed E-state index contributed by atoms with van der Waals surface area (Å²) in [6.07, 6.45) is 1.80. The molecule has 82 valence electrons. The van der Waals surface area contributed by atoms with Gasteiger partial charge in [-0.25, -0.2) is 4.98 Å². The molecule has 0 saturated carbocycles. The van der Waals surface area contributed by atoms with Gasteiger partial charge in [-0.2, -0.15) is 9.69 Å². The Morgan fingerprint density at radius 3 is 2.31 bits per heavy atom. The van der Waals surface area contributed by atoms with Crippen molar-refractivity contribution in [3.05, 3.63) is 40.2 Å². The third-order valence-corrected chi connectivity index (χ3v) is 2.98. The predicted octanol–water partition coefficient (Wildman–Crippen LogP) is 2.14. The fourth-order valence-corrected chi connectivity index (χ4v) is 1.83. The van der Waals surface area contributed by atoms with Gasteiger partial charge in [-0.3, -0.25) is 0 Å². The summed E-state index contributed by atoms with van der Waals surface area (Å²) in [5, 5.41) is 0. The van der Waals surface area contributed by atoms with Crippen molar-refractivity contribution in [1.82, 2.24) is 9.55 Å². The predicted molar refractivity (Wildman–Crippen MR) is 66.0 cm³/mol. The summed E-state index contributed by atoms with van der Waals surface area (Å²) in [4.78, 5) is 11.2. The van der Waals surface area contributed by atoms with Crippen LogP contribution >= 0.6 is 11.8 Å². The average molecular weight is 233 g/mol. The van der Waals surface area contributed by atoms with Crippen molar-refractivity contribution < 1.29 is 0 Å². The van der Waals surface area contributed by atoms with Crippen LogP contribution in [0.4, 0.5) is 5.82 Å². The van der Waals surface area contributed by atoms with Crippen LogP contribution in [-0.2, 0) is 7.05 Å². The lowest BCUT2D eigenvalue weighted by Gasteiger charge is -1.99. The summed E-state index contributed by atoms with van der Waals surface area (Å²) in [6, 6.07) is 0. The SMILES string of the molecule is [C-]#[N+]C([N+]#[C-])=C(SC)c1nc(C)n(C)c1N. The van der Waals surface area contributed by atoms with Crippen molar-refractivity contribution in [2.45, 2.75) is 6.92 Å². The monoisotopic (exact) mass is 233 g/mol. The highest BCUT2D eigenvalue weighted by atomic mass is 32.2. The van der Waals surface area contributed by atoms with Crippen molar-refractivity contribution in [2.75, 3.05) is 12.0 Å². The first-order valence-corrected chi connectivity index (χ1v) is 5.61.